The van der Waals surface area contributed by atoms with Crippen molar-refractivity contribution in [2.75, 3.05) is 4.90 Å². The Kier molecular flexibility index (Phi) is 5.44. The van der Waals surface area contributed by atoms with Crippen LogP contribution in [-0.4, -0.2) is 10.6 Å². The van der Waals surface area contributed by atoms with Crippen molar-refractivity contribution in [2.45, 2.75) is 12.0 Å². The molecule has 2 unspecified atom stereocenters. The number of fused-ring (bicyclic) bond motifs is 8. The minimum Gasteiger partial charge on any atom is -0.333 e. The van der Waals surface area contributed by atoms with E-state index >= 15 is 0 Å². The molecule has 2 heterocycles. The lowest BCUT2D eigenvalue weighted by Crippen LogP contribution is -2.28. The van der Waals surface area contributed by atoms with Gasteiger partial charge in [-0.05, 0) is 69.9 Å². The predicted molar refractivity (Wildman–Crippen MR) is 195 cm³/mol. The quantitative estimate of drug-likeness (QED) is 0.200. The minimum atomic E-state index is 0.252. The molecule has 7 aromatic carbocycles. The molecule has 10 rings (SSSR count). The fourth-order valence-electron chi connectivity index (χ4n) is 8.03. The number of anilines is 2. The van der Waals surface area contributed by atoms with Crippen LogP contribution in [0.25, 0.3) is 60.2 Å². The summed E-state index contributed by atoms with van der Waals surface area (Å²) in [6.07, 6.45) is 9.14. The molecule has 0 radical (unpaired) electrons. The summed E-state index contributed by atoms with van der Waals surface area (Å²) in [5.41, 5.74) is 10.1. The van der Waals surface area contributed by atoms with Gasteiger partial charge < -0.3 is 9.47 Å². The Labute approximate surface area is 267 Å². The maximum Gasteiger partial charge on any atom is 0.0629 e. The summed E-state index contributed by atoms with van der Waals surface area (Å²) in [5.74, 6) is 0.302. The van der Waals surface area contributed by atoms with E-state index in [4.69, 9.17) is 0 Å². The highest BCUT2D eigenvalue weighted by molar-refractivity contribution is 6.11. The van der Waals surface area contributed by atoms with Crippen LogP contribution >= 0.6 is 0 Å². The van der Waals surface area contributed by atoms with Crippen LogP contribution < -0.4 is 4.90 Å². The second kappa shape index (κ2) is 9.82. The first-order chi connectivity index (χ1) is 22.8. The molecule has 2 aliphatic rings. The van der Waals surface area contributed by atoms with Crippen molar-refractivity contribution in [2.24, 2.45) is 0 Å². The van der Waals surface area contributed by atoms with E-state index < -0.39 is 0 Å². The van der Waals surface area contributed by atoms with Gasteiger partial charge in [0.05, 0.1) is 22.8 Å². The molecule has 0 N–H and O–H groups in total. The van der Waals surface area contributed by atoms with Crippen LogP contribution in [-0.2, 0) is 0 Å². The van der Waals surface area contributed by atoms with E-state index in [0.717, 1.165) is 0 Å². The lowest BCUT2D eigenvalue weighted by Gasteiger charge is -2.29. The SMILES string of the molecule is C1=CC2c3cc(-c4ccc5c(c4)c4ccccc4n5-c4cccc5ccccc45)ccc3N(c3cccc4ccccc34)C2C=C1. The van der Waals surface area contributed by atoms with Crippen molar-refractivity contribution in [3.8, 4) is 16.8 Å². The summed E-state index contributed by atoms with van der Waals surface area (Å²) in [6, 6.07) is 53.8. The number of allylic oxidation sites excluding steroid dienone is 2. The maximum absolute atomic E-state index is 2.55. The van der Waals surface area contributed by atoms with E-state index in [-0.39, 0.29) is 6.04 Å². The Hall–Kier alpha value is -5.86. The Morgan fingerprint density at radius 1 is 0.413 bits per heavy atom. The highest BCUT2D eigenvalue weighted by Gasteiger charge is 2.38. The summed E-state index contributed by atoms with van der Waals surface area (Å²) in [5, 5.41) is 7.62. The lowest BCUT2D eigenvalue weighted by atomic mass is 9.89. The number of hydrogen-bond acceptors (Lipinski definition) is 1. The molecular weight excluding hydrogens is 556 g/mol. The highest BCUT2D eigenvalue weighted by atomic mass is 15.2. The molecule has 1 aliphatic carbocycles. The molecule has 2 heteroatoms. The number of para-hydroxylation sites is 1. The summed E-state index contributed by atoms with van der Waals surface area (Å²) in [7, 11) is 0. The molecule has 2 atom stereocenters. The van der Waals surface area contributed by atoms with Crippen molar-refractivity contribution in [1.29, 1.82) is 0 Å². The summed E-state index contributed by atoms with van der Waals surface area (Å²) in [6.45, 7) is 0. The number of rotatable bonds is 3. The summed E-state index contributed by atoms with van der Waals surface area (Å²) >= 11 is 0. The largest absolute Gasteiger partial charge is 0.333 e. The van der Waals surface area contributed by atoms with Crippen molar-refractivity contribution in [3.05, 3.63) is 175 Å². The third-order valence-electron chi connectivity index (χ3n) is 10.1. The average Bonchev–Trinajstić information content (AvgIpc) is 3.63. The summed E-state index contributed by atoms with van der Waals surface area (Å²) in [4.78, 5) is 2.55. The standard InChI is InChI=1S/C44H30N2/c1-3-15-33-29(11-1)13-9-21-39(33)45-41-19-7-5-17-35(41)37-27-31(23-25-43(37)45)32-24-26-44-38(28-32)36-18-6-8-20-42(36)46(44)40-22-10-14-30-12-2-4-16-34(30)40/h1-28,35,41H. The van der Waals surface area contributed by atoms with E-state index in [1.165, 1.54) is 77.1 Å². The van der Waals surface area contributed by atoms with E-state index in [9.17, 15) is 0 Å². The highest BCUT2D eigenvalue weighted by Crippen LogP contribution is 2.50. The Balaban J connectivity index is 1.14. The molecule has 46 heavy (non-hydrogen) atoms. The molecular formula is C44H30N2. The smallest absolute Gasteiger partial charge is 0.0629 e. The first kappa shape index (κ1) is 25.5. The third kappa shape index (κ3) is 3.64. The van der Waals surface area contributed by atoms with Crippen molar-refractivity contribution in [3.63, 3.8) is 0 Å². The second-order valence-corrected chi connectivity index (χ2v) is 12.5. The van der Waals surface area contributed by atoms with E-state index in [0.29, 0.717) is 5.92 Å². The van der Waals surface area contributed by atoms with Crippen LogP contribution in [0.2, 0.25) is 0 Å². The van der Waals surface area contributed by atoms with Gasteiger partial charge in [-0.3, -0.25) is 0 Å². The zero-order valence-corrected chi connectivity index (χ0v) is 25.2. The fourth-order valence-corrected chi connectivity index (χ4v) is 8.03. The Morgan fingerprint density at radius 3 is 1.85 bits per heavy atom. The van der Waals surface area contributed by atoms with Crippen LogP contribution in [0.15, 0.2) is 170 Å². The molecule has 0 spiro atoms. The van der Waals surface area contributed by atoms with E-state index in [1.54, 1.807) is 0 Å². The van der Waals surface area contributed by atoms with Crippen LogP contribution in [0.4, 0.5) is 11.4 Å². The van der Waals surface area contributed by atoms with Crippen molar-refractivity contribution >= 4 is 54.7 Å². The molecule has 0 saturated carbocycles. The number of hydrogen-bond donors (Lipinski definition) is 0. The van der Waals surface area contributed by atoms with Crippen molar-refractivity contribution in [1.82, 2.24) is 4.57 Å². The Bertz CT molecular complexity index is 2550. The molecule has 1 aromatic heterocycles. The zero-order chi connectivity index (χ0) is 30.2. The molecule has 1 aliphatic heterocycles. The normalized spacial score (nSPS) is 16.9. The molecule has 0 saturated heterocycles. The molecule has 2 nitrogen and oxygen atoms in total. The fraction of sp³-hybridized carbons (Fsp3) is 0.0455. The van der Waals surface area contributed by atoms with Gasteiger partial charge in [0.2, 0.25) is 0 Å². The number of aromatic nitrogens is 1. The molecule has 0 bridgehead atoms. The molecule has 0 fully saturated rings. The molecule has 216 valence electrons. The maximum atomic E-state index is 2.55. The van der Waals surface area contributed by atoms with Crippen molar-refractivity contribution < 1.29 is 0 Å². The lowest BCUT2D eigenvalue weighted by molar-refractivity contribution is 0.746. The van der Waals surface area contributed by atoms with Crippen LogP contribution in [0, 0.1) is 0 Å². The topological polar surface area (TPSA) is 8.17 Å². The van der Waals surface area contributed by atoms with Gasteiger partial charge in [-0.2, -0.15) is 0 Å². The number of benzene rings is 7. The van der Waals surface area contributed by atoms with Crippen LogP contribution in [0.3, 0.4) is 0 Å². The van der Waals surface area contributed by atoms with Crippen LogP contribution in [0.5, 0.6) is 0 Å². The first-order valence-electron chi connectivity index (χ1n) is 16.1. The van der Waals surface area contributed by atoms with Gasteiger partial charge >= 0.3 is 0 Å². The van der Waals surface area contributed by atoms with E-state index in [2.05, 4.69) is 179 Å². The Morgan fingerprint density at radius 2 is 1.02 bits per heavy atom. The summed E-state index contributed by atoms with van der Waals surface area (Å²) < 4.78 is 2.44. The first-order valence-corrected chi connectivity index (χ1v) is 16.1. The third-order valence-corrected chi connectivity index (χ3v) is 10.1. The van der Waals surface area contributed by atoms with Gasteiger partial charge in [0.15, 0.2) is 0 Å². The molecule has 8 aromatic rings. The van der Waals surface area contributed by atoms with E-state index in [1.807, 2.05) is 0 Å². The van der Waals surface area contributed by atoms with Gasteiger partial charge in [0.1, 0.15) is 0 Å². The van der Waals surface area contributed by atoms with Gasteiger partial charge in [0, 0.05) is 38.8 Å². The van der Waals surface area contributed by atoms with Crippen LogP contribution in [0.1, 0.15) is 11.5 Å². The van der Waals surface area contributed by atoms with Gasteiger partial charge in [0.25, 0.3) is 0 Å². The zero-order valence-electron chi connectivity index (χ0n) is 25.2. The average molecular weight is 587 g/mol. The molecule has 0 amide bonds. The van der Waals surface area contributed by atoms with Gasteiger partial charge in [-0.1, -0.05) is 127 Å². The monoisotopic (exact) mass is 586 g/mol. The predicted octanol–water partition coefficient (Wildman–Crippen LogP) is 11.5. The number of nitrogens with zero attached hydrogens (tertiary/aromatic N) is 2. The minimum absolute atomic E-state index is 0.252. The second-order valence-electron chi connectivity index (χ2n) is 12.5. The van der Waals surface area contributed by atoms with Gasteiger partial charge in [-0.15, -0.1) is 0 Å². The van der Waals surface area contributed by atoms with Gasteiger partial charge in [-0.25, -0.2) is 0 Å².